The number of hydrogen-bond donors (Lipinski definition) is 0. The van der Waals surface area contributed by atoms with Crippen molar-refractivity contribution in [2.45, 2.75) is 19.8 Å². The van der Waals surface area contributed by atoms with Crippen molar-refractivity contribution in [2.75, 3.05) is 25.5 Å². The fourth-order valence-corrected chi connectivity index (χ4v) is 1.83. The lowest BCUT2D eigenvalue weighted by molar-refractivity contribution is 0.149. The third-order valence-corrected chi connectivity index (χ3v) is 2.91. The van der Waals surface area contributed by atoms with E-state index < -0.39 is 7.80 Å². The van der Waals surface area contributed by atoms with Gasteiger partial charge in [-0.2, -0.15) is 5.26 Å². The number of hydrogen-bond acceptors (Lipinski definition) is 3. The van der Waals surface area contributed by atoms with Gasteiger partial charge in [-0.3, -0.25) is 0 Å². The number of ether oxygens (including phenoxy) is 1. The average molecular weight is 188 g/mol. The van der Waals surface area contributed by atoms with E-state index in [0.29, 0.717) is 25.4 Å². The minimum atomic E-state index is -1.16. The minimum absolute atomic E-state index is 0.407. The first-order valence-corrected chi connectivity index (χ1v) is 5.81. The van der Waals surface area contributed by atoms with Gasteiger partial charge >= 0.3 is 7.80 Å². The van der Waals surface area contributed by atoms with Crippen molar-refractivity contribution < 1.29 is 9.30 Å². The minimum Gasteiger partial charge on any atom is -0.382 e. The number of nitriles is 1. The Labute approximate surface area is 74.5 Å². The Morgan fingerprint density at radius 3 is 2.83 bits per heavy atom. The van der Waals surface area contributed by atoms with E-state index in [1.807, 2.05) is 13.0 Å². The van der Waals surface area contributed by atoms with E-state index in [0.717, 1.165) is 13.0 Å². The zero-order chi connectivity index (χ0) is 9.23. The lowest BCUT2D eigenvalue weighted by Crippen LogP contribution is -1.95. The van der Waals surface area contributed by atoms with Crippen LogP contribution in [-0.4, -0.2) is 25.5 Å². The maximum Gasteiger partial charge on any atom is 0.339 e. The van der Waals surface area contributed by atoms with Gasteiger partial charge < -0.3 is 4.74 Å². The lowest BCUT2D eigenvalue weighted by Gasteiger charge is -1.94. The molecular formula is C8H15NO2P+. The van der Waals surface area contributed by atoms with Crippen LogP contribution in [0.3, 0.4) is 0 Å². The Kier molecular flexibility index (Phi) is 8.32. The molecule has 0 aromatic carbocycles. The Morgan fingerprint density at radius 2 is 2.25 bits per heavy atom. The van der Waals surface area contributed by atoms with Crippen LogP contribution in [0, 0.1) is 11.3 Å². The topological polar surface area (TPSA) is 50.1 Å². The van der Waals surface area contributed by atoms with Crippen molar-refractivity contribution >= 4 is 7.80 Å². The molecular weight excluding hydrogens is 173 g/mol. The normalized spacial score (nSPS) is 10.8. The summed E-state index contributed by atoms with van der Waals surface area (Å²) in [6.45, 7) is 3.34. The summed E-state index contributed by atoms with van der Waals surface area (Å²) in [6, 6.07) is 1.99. The molecule has 0 aliphatic rings. The van der Waals surface area contributed by atoms with E-state index >= 15 is 0 Å². The average Bonchev–Trinajstić information content (AvgIpc) is 2.09. The van der Waals surface area contributed by atoms with Gasteiger partial charge in [0.25, 0.3) is 0 Å². The van der Waals surface area contributed by atoms with Crippen LogP contribution in [0.1, 0.15) is 19.8 Å². The molecule has 0 amide bonds. The highest BCUT2D eigenvalue weighted by Crippen LogP contribution is 2.21. The van der Waals surface area contributed by atoms with Gasteiger partial charge in [-0.1, -0.05) is 4.57 Å². The maximum atomic E-state index is 11.1. The van der Waals surface area contributed by atoms with Gasteiger partial charge in [0.1, 0.15) is 6.16 Å². The molecule has 4 heteroatoms. The molecule has 0 bridgehead atoms. The van der Waals surface area contributed by atoms with E-state index in [1.165, 1.54) is 0 Å². The standard InChI is InChI=1S/C8H15NO2P/c1-2-11-6-4-8-12(10)7-3-5-9/h2-4,6-8H2,1H3/q+1. The van der Waals surface area contributed by atoms with Gasteiger partial charge in [-0.05, 0) is 6.92 Å². The highest BCUT2D eigenvalue weighted by atomic mass is 31.1. The molecule has 0 aliphatic heterocycles. The smallest absolute Gasteiger partial charge is 0.339 e. The number of rotatable bonds is 7. The second-order valence-electron chi connectivity index (χ2n) is 2.39. The molecule has 0 heterocycles. The van der Waals surface area contributed by atoms with E-state index in [1.54, 1.807) is 0 Å². The van der Waals surface area contributed by atoms with Crippen molar-refractivity contribution in [3.05, 3.63) is 0 Å². The summed E-state index contributed by atoms with van der Waals surface area (Å²) in [6.07, 6.45) is 2.48. The van der Waals surface area contributed by atoms with E-state index in [2.05, 4.69) is 0 Å². The zero-order valence-corrected chi connectivity index (χ0v) is 8.35. The van der Waals surface area contributed by atoms with Crippen LogP contribution in [0.5, 0.6) is 0 Å². The molecule has 3 nitrogen and oxygen atoms in total. The third-order valence-electron chi connectivity index (χ3n) is 1.37. The summed E-state index contributed by atoms with van der Waals surface area (Å²) in [5.41, 5.74) is 0. The van der Waals surface area contributed by atoms with Crippen LogP contribution in [0.4, 0.5) is 0 Å². The van der Waals surface area contributed by atoms with Gasteiger partial charge in [0.2, 0.25) is 0 Å². The quantitative estimate of drug-likeness (QED) is 0.454. The Hall–Kier alpha value is -0.450. The first kappa shape index (κ1) is 11.6. The zero-order valence-electron chi connectivity index (χ0n) is 7.45. The fourth-order valence-electron chi connectivity index (χ4n) is 0.774. The van der Waals surface area contributed by atoms with Crippen LogP contribution < -0.4 is 0 Å². The highest BCUT2D eigenvalue weighted by molar-refractivity contribution is 7.44. The van der Waals surface area contributed by atoms with Gasteiger partial charge in [-0.25, -0.2) is 0 Å². The Morgan fingerprint density at radius 1 is 1.50 bits per heavy atom. The fraction of sp³-hybridized carbons (Fsp3) is 0.875. The van der Waals surface area contributed by atoms with Gasteiger partial charge in [0.05, 0.1) is 19.1 Å². The summed E-state index contributed by atoms with van der Waals surface area (Å²) in [5, 5.41) is 8.22. The van der Waals surface area contributed by atoms with Crippen molar-refractivity contribution in [3.8, 4) is 6.07 Å². The predicted molar refractivity (Wildman–Crippen MR) is 48.7 cm³/mol. The molecule has 0 radical (unpaired) electrons. The molecule has 1 atom stereocenters. The molecule has 12 heavy (non-hydrogen) atoms. The molecule has 0 aromatic heterocycles. The molecule has 0 saturated heterocycles. The van der Waals surface area contributed by atoms with E-state index in [9.17, 15) is 4.57 Å². The SMILES string of the molecule is CCOCCC[P+](=O)CCC#N. The predicted octanol–water partition coefficient (Wildman–Crippen LogP) is 2.15. The van der Waals surface area contributed by atoms with Crippen molar-refractivity contribution in [2.24, 2.45) is 0 Å². The van der Waals surface area contributed by atoms with Crippen LogP contribution in [0.2, 0.25) is 0 Å². The summed E-state index contributed by atoms with van der Waals surface area (Å²) in [7, 11) is -1.16. The molecule has 0 aliphatic carbocycles. The summed E-state index contributed by atoms with van der Waals surface area (Å²) < 4.78 is 16.2. The summed E-state index contributed by atoms with van der Waals surface area (Å²) in [5.74, 6) is 0. The molecule has 1 unspecified atom stereocenters. The summed E-state index contributed by atoms with van der Waals surface area (Å²) in [4.78, 5) is 0. The number of nitrogens with zero attached hydrogens (tertiary/aromatic N) is 1. The van der Waals surface area contributed by atoms with Crippen molar-refractivity contribution in [3.63, 3.8) is 0 Å². The van der Waals surface area contributed by atoms with Crippen LogP contribution in [0.25, 0.3) is 0 Å². The molecule has 0 saturated carbocycles. The molecule has 0 fully saturated rings. The molecule has 0 N–H and O–H groups in total. The Bertz CT molecular complexity index is 165. The maximum absolute atomic E-state index is 11.1. The largest absolute Gasteiger partial charge is 0.382 e. The second-order valence-corrected chi connectivity index (χ2v) is 4.25. The van der Waals surface area contributed by atoms with Crippen molar-refractivity contribution in [1.29, 1.82) is 5.26 Å². The monoisotopic (exact) mass is 188 g/mol. The highest BCUT2D eigenvalue weighted by Gasteiger charge is 2.12. The Balaban J connectivity index is 3.15. The molecule has 0 rings (SSSR count). The lowest BCUT2D eigenvalue weighted by atomic mass is 10.5. The van der Waals surface area contributed by atoms with Crippen LogP contribution in [0.15, 0.2) is 0 Å². The van der Waals surface area contributed by atoms with Gasteiger partial charge in [0.15, 0.2) is 6.16 Å². The van der Waals surface area contributed by atoms with E-state index in [4.69, 9.17) is 10.00 Å². The van der Waals surface area contributed by atoms with Gasteiger partial charge in [0, 0.05) is 13.0 Å². The summed E-state index contributed by atoms with van der Waals surface area (Å²) >= 11 is 0. The van der Waals surface area contributed by atoms with Crippen LogP contribution in [-0.2, 0) is 9.30 Å². The third kappa shape index (κ3) is 7.65. The molecule has 68 valence electrons. The first-order chi connectivity index (χ1) is 5.81. The van der Waals surface area contributed by atoms with E-state index in [-0.39, 0.29) is 0 Å². The van der Waals surface area contributed by atoms with Crippen molar-refractivity contribution in [1.82, 2.24) is 0 Å². The first-order valence-electron chi connectivity index (χ1n) is 4.18. The molecule has 0 spiro atoms. The molecule has 0 aromatic rings. The second kappa shape index (κ2) is 8.64. The van der Waals surface area contributed by atoms with Crippen LogP contribution >= 0.6 is 7.80 Å². The van der Waals surface area contributed by atoms with Gasteiger partial charge in [-0.15, -0.1) is 0 Å².